The highest BCUT2D eigenvalue weighted by Crippen LogP contribution is 2.19. The van der Waals surface area contributed by atoms with Gasteiger partial charge in [-0.1, -0.05) is 0 Å². The minimum atomic E-state index is -0.585. The van der Waals surface area contributed by atoms with E-state index in [-0.39, 0.29) is 12.5 Å². The summed E-state index contributed by atoms with van der Waals surface area (Å²) < 4.78 is 9.80. The number of hydrogen-bond acceptors (Lipinski definition) is 5. The van der Waals surface area contributed by atoms with Gasteiger partial charge >= 0.3 is 0 Å². The van der Waals surface area contributed by atoms with Crippen molar-refractivity contribution < 1.29 is 19.4 Å². The van der Waals surface area contributed by atoms with E-state index in [9.17, 15) is 9.90 Å². The molecule has 1 amide bonds. The highest BCUT2D eigenvalue weighted by molar-refractivity contribution is 5.99. The molecule has 0 bridgehead atoms. The van der Waals surface area contributed by atoms with Gasteiger partial charge in [0.15, 0.2) is 0 Å². The molecular formula is C13H20N2O4. The second kappa shape index (κ2) is 7.60. The topological polar surface area (TPSA) is 93.8 Å². The zero-order valence-electron chi connectivity index (χ0n) is 11.2. The van der Waals surface area contributed by atoms with E-state index in [0.717, 1.165) is 0 Å². The van der Waals surface area contributed by atoms with Gasteiger partial charge in [-0.05, 0) is 18.6 Å². The zero-order valence-corrected chi connectivity index (χ0v) is 11.2. The lowest BCUT2D eigenvalue weighted by atomic mass is 10.1. The normalized spacial score (nSPS) is 11.9. The van der Waals surface area contributed by atoms with Crippen LogP contribution in [0.3, 0.4) is 0 Å². The maximum absolute atomic E-state index is 11.9. The zero-order chi connectivity index (χ0) is 14.3. The summed E-state index contributed by atoms with van der Waals surface area (Å²) in [5.41, 5.74) is 6.51. The van der Waals surface area contributed by atoms with Crippen LogP contribution in [0.5, 0.6) is 5.75 Å². The molecule has 6 heteroatoms. The van der Waals surface area contributed by atoms with Crippen LogP contribution in [0.25, 0.3) is 0 Å². The number of carbonyl (C=O) groups is 1. The Morgan fingerprint density at radius 2 is 2.21 bits per heavy atom. The Bertz CT molecular complexity index is 423. The molecule has 1 aromatic carbocycles. The maximum atomic E-state index is 11.9. The average Bonchev–Trinajstić information content (AvgIpc) is 2.38. The lowest BCUT2D eigenvalue weighted by Gasteiger charge is -2.11. The largest absolute Gasteiger partial charge is 0.497 e. The standard InChI is InChI=1S/C13H20N2O4/c1-18-8-9(16)5-6-15-13(17)11-4-3-10(19-2)7-12(11)14/h3-4,7,9,16H,5-6,8,14H2,1-2H3,(H,15,17). The van der Waals surface area contributed by atoms with Crippen LogP contribution in [0.4, 0.5) is 5.69 Å². The monoisotopic (exact) mass is 268 g/mol. The summed E-state index contributed by atoms with van der Waals surface area (Å²) in [5, 5.41) is 12.1. The SMILES string of the molecule is COCC(O)CCNC(=O)c1ccc(OC)cc1N. The van der Waals surface area contributed by atoms with Gasteiger partial charge in [0.2, 0.25) is 0 Å². The van der Waals surface area contributed by atoms with Crippen LogP contribution in [-0.4, -0.2) is 44.5 Å². The molecule has 1 rings (SSSR count). The summed E-state index contributed by atoms with van der Waals surface area (Å²) in [6.07, 6.45) is -0.158. The van der Waals surface area contributed by atoms with Gasteiger partial charge in [0.05, 0.1) is 25.4 Å². The van der Waals surface area contributed by atoms with Gasteiger partial charge in [-0.15, -0.1) is 0 Å². The van der Waals surface area contributed by atoms with Crippen LogP contribution < -0.4 is 15.8 Å². The molecule has 19 heavy (non-hydrogen) atoms. The molecule has 4 N–H and O–H groups in total. The summed E-state index contributed by atoms with van der Waals surface area (Å²) >= 11 is 0. The third-order valence-electron chi connectivity index (χ3n) is 2.63. The molecule has 0 heterocycles. The fourth-order valence-corrected chi connectivity index (χ4v) is 1.60. The molecule has 0 aromatic heterocycles. The molecule has 0 fully saturated rings. The van der Waals surface area contributed by atoms with Crippen molar-refractivity contribution in [1.29, 1.82) is 0 Å². The lowest BCUT2D eigenvalue weighted by molar-refractivity contribution is 0.0588. The number of nitrogen functional groups attached to an aromatic ring is 1. The van der Waals surface area contributed by atoms with Crippen LogP contribution in [0.1, 0.15) is 16.8 Å². The van der Waals surface area contributed by atoms with E-state index in [1.54, 1.807) is 18.2 Å². The summed E-state index contributed by atoms with van der Waals surface area (Å²) in [4.78, 5) is 11.9. The van der Waals surface area contributed by atoms with Crippen molar-refractivity contribution in [3.63, 3.8) is 0 Å². The van der Waals surface area contributed by atoms with Crippen LogP contribution in [0, 0.1) is 0 Å². The van der Waals surface area contributed by atoms with Crippen molar-refractivity contribution >= 4 is 11.6 Å². The average molecular weight is 268 g/mol. The predicted molar refractivity (Wildman–Crippen MR) is 72.2 cm³/mol. The summed E-state index contributed by atoms with van der Waals surface area (Å²) in [5.74, 6) is 0.328. The van der Waals surface area contributed by atoms with Crippen molar-refractivity contribution in [2.45, 2.75) is 12.5 Å². The Balaban J connectivity index is 2.50. The first-order valence-corrected chi connectivity index (χ1v) is 5.97. The molecule has 106 valence electrons. The van der Waals surface area contributed by atoms with Crippen molar-refractivity contribution in [2.24, 2.45) is 0 Å². The fraction of sp³-hybridized carbons (Fsp3) is 0.462. The highest BCUT2D eigenvalue weighted by Gasteiger charge is 2.11. The van der Waals surface area contributed by atoms with E-state index in [4.69, 9.17) is 15.2 Å². The summed E-state index contributed by atoms with van der Waals surface area (Å²) in [6, 6.07) is 4.87. The first-order chi connectivity index (χ1) is 9.08. The summed E-state index contributed by atoms with van der Waals surface area (Å²) in [6.45, 7) is 0.607. The van der Waals surface area contributed by atoms with Crippen molar-refractivity contribution in [3.8, 4) is 5.75 Å². The molecule has 0 aliphatic rings. The van der Waals surface area contributed by atoms with E-state index in [2.05, 4.69) is 5.32 Å². The number of nitrogens with two attached hydrogens (primary N) is 1. The molecule has 1 atom stereocenters. The third-order valence-corrected chi connectivity index (χ3v) is 2.63. The second-order valence-electron chi connectivity index (χ2n) is 4.11. The molecular weight excluding hydrogens is 248 g/mol. The highest BCUT2D eigenvalue weighted by atomic mass is 16.5. The molecule has 1 aromatic rings. The number of carbonyl (C=O) groups excluding carboxylic acids is 1. The molecule has 0 saturated heterocycles. The second-order valence-corrected chi connectivity index (χ2v) is 4.11. The first-order valence-electron chi connectivity index (χ1n) is 5.97. The predicted octanol–water partition coefficient (Wildman–Crippen LogP) is 0.405. The minimum Gasteiger partial charge on any atom is -0.497 e. The van der Waals surface area contributed by atoms with Crippen LogP contribution in [0.15, 0.2) is 18.2 Å². The summed E-state index contributed by atoms with van der Waals surface area (Å²) in [7, 11) is 3.05. The van der Waals surface area contributed by atoms with Gasteiger partial charge < -0.3 is 25.6 Å². The Labute approximate surface area is 112 Å². The number of amides is 1. The number of rotatable bonds is 7. The number of hydrogen-bond donors (Lipinski definition) is 3. The number of methoxy groups -OCH3 is 2. The Morgan fingerprint density at radius 3 is 2.79 bits per heavy atom. The van der Waals surface area contributed by atoms with Crippen molar-refractivity contribution in [1.82, 2.24) is 5.32 Å². The van der Waals surface area contributed by atoms with Gasteiger partial charge in [0.25, 0.3) is 5.91 Å². The van der Waals surface area contributed by atoms with Crippen molar-refractivity contribution in [3.05, 3.63) is 23.8 Å². The van der Waals surface area contributed by atoms with E-state index in [1.165, 1.54) is 14.2 Å². The van der Waals surface area contributed by atoms with Gasteiger partial charge in [-0.25, -0.2) is 0 Å². The molecule has 6 nitrogen and oxygen atoms in total. The minimum absolute atomic E-state index is 0.251. The third kappa shape index (κ3) is 4.76. The number of ether oxygens (including phenoxy) is 2. The van der Waals surface area contributed by atoms with Crippen LogP contribution in [0.2, 0.25) is 0 Å². The van der Waals surface area contributed by atoms with E-state index in [0.29, 0.717) is 30.0 Å². The number of nitrogens with one attached hydrogen (secondary N) is 1. The Morgan fingerprint density at radius 1 is 1.47 bits per heavy atom. The molecule has 0 spiro atoms. The molecule has 0 saturated carbocycles. The van der Waals surface area contributed by atoms with Gasteiger partial charge in [-0.2, -0.15) is 0 Å². The fourth-order valence-electron chi connectivity index (χ4n) is 1.60. The Kier molecular flexibility index (Phi) is 6.11. The molecule has 0 aliphatic carbocycles. The number of benzene rings is 1. The van der Waals surface area contributed by atoms with E-state index >= 15 is 0 Å². The van der Waals surface area contributed by atoms with Crippen LogP contribution >= 0.6 is 0 Å². The molecule has 1 unspecified atom stereocenters. The smallest absolute Gasteiger partial charge is 0.253 e. The lowest BCUT2D eigenvalue weighted by Crippen LogP contribution is -2.29. The number of aliphatic hydroxyl groups is 1. The van der Waals surface area contributed by atoms with E-state index < -0.39 is 6.10 Å². The Hall–Kier alpha value is -1.79. The van der Waals surface area contributed by atoms with Crippen LogP contribution in [-0.2, 0) is 4.74 Å². The van der Waals surface area contributed by atoms with Gasteiger partial charge in [-0.3, -0.25) is 4.79 Å². The van der Waals surface area contributed by atoms with Gasteiger partial charge in [0, 0.05) is 25.4 Å². The van der Waals surface area contributed by atoms with E-state index in [1.807, 2.05) is 0 Å². The van der Waals surface area contributed by atoms with Crippen molar-refractivity contribution in [2.75, 3.05) is 33.1 Å². The number of aliphatic hydroxyl groups excluding tert-OH is 1. The molecule has 0 aliphatic heterocycles. The maximum Gasteiger partial charge on any atom is 0.253 e. The quantitative estimate of drug-likeness (QED) is 0.622. The number of anilines is 1. The van der Waals surface area contributed by atoms with Gasteiger partial charge in [0.1, 0.15) is 5.75 Å². The first kappa shape index (κ1) is 15.3. The molecule has 0 radical (unpaired) electrons.